The Morgan fingerprint density at radius 1 is 1.07 bits per heavy atom. The van der Waals surface area contributed by atoms with E-state index in [9.17, 15) is 9.59 Å². The summed E-state index contributed by atoms with van der Waals surface area (Å²) >= 11 is 0. The number of carbonyl (C=O) groups excluding carboxylic acids is 2. The van der Waals surface area contributed by atoms with E-state index in [0.29, 0.717) is 34.1 Å². The highest BCUT2D eigenvalue weighted by Gasteiger charge is 2.38. The van der Waals surface area contributed by atoms with Crippen LogP contribution in [0.25, 0.3) is 0 Å². The van der Waals surface area contributed by atoms with Gasteiger partial charge in [0.15, 0.2) is 11.5 Å². The Kier molecular flexibility index (Phi) is 5.15. The van der Waals surface area contributed by atoms with Gasteiger partial charge in [-0.3, -0.25) is 9.59 Å². The first kappa shape index (κ1) is 19.9. The first-order valence-corrected chi connectivity index (χ1v) is 9.77. The lowest BCUT2D eigenvalue weighted by Gasteiger charge is -2.40. The van der Waals surface area contributed by atoms with Crippen LogP contribution in [0.15, 0.2) is 30.3 Å². The molecular formula is C22H25N3O5. The van der Waals surface area contributed by atoms with Crippen molar-refractivity contribution in [3.63, 3.8) is 0 Å². The van der Waals surface area contributed by atoms with E-state index in [1.165, 1.54) is 21.3 Å². The third-order valence-electron chi connectivity index (χ3n) is 5.72. The Bertz CT molecular complexity index is 981. The van der Waals surface area contributed by atoms with Gasteiger partial charge in [0.2, 0.25) is 5.75 Å². The maximum absolute atomic E-state index is 12.9. The van der Waals surface area contributed by atoms with Crippen molar-refractivity contribution in [3.8, 4) is 17.2 Å². The van der Waals surface area contributed by atoms with Crippen LogP contribution in [0.5, 0.6) is 17.2 Å². The van der Waals surface area contributed by atoms with E-state index in [0.717, 1.165) is 25.1 Å². The summed E-state index contributed by atoms with van der Waals surface area (Å²) in [7, 11) is 6.53. The standard InChI is InChI=1S/C22H25N3O5/c1-24-16-10-13(7-8-15(16)22(27)25-9-5-6-19(24)25)21(26)23-14-11-17(28-2)20(30-4)18(12-14)29-3/h7-8,10-12,19H,5-6,9H2,1-4H3,(H,23,26). The van der Waals surface area contributed by atoms with E-state index in [-0.39, 0.29) is 18.0 Å². The number of fused-ring (bicyclic) bond motifs is 2. The van der Waals surface area contributed by atoms with Crippen LogP contribution in [0, 0.1) is 0 Å². The number of rotatable bonds is 5. The van der Waals surface area contributed by atoms with Crippen LogP contribution in [-0.2, 0) is 0 Å². The highest BCUT2D eigenvalue weighted by molar-refractivity contribution is 6.08. The van der Waals surface area contributed by atoms with Crippen molar-refractivity contribution < 1.29 is 23.8 Å². The number of amides is 2. The van der Waals surface area contributed by atoms with Crippen molar-refractivity contribution in [1.29, 1.82) is 0 Å². The van der Waals surface area contributed by atoms with Gasteiger partial charge < -0.3 is 29.3 Å². The molecule has 0 spiro atoms. The quantitative estimate of drug-likeness (QED) is 0.815. The molecule has 158 valence electrons. The van der Waals surface area contributed by atoms with Gasteiger partial charge in [0.25, 0.3) is 11.8 Å². The minimum absolute atomic E-state index is 0.0298. The van der Waals surface area contributed by atoms with Gasteiger partial charge in [-0.15, -0.1) is 0 Å². The molecule has 1 N–H and O–H groups in total. The zero-order chi connectivity index (χ0) is 21.4. The molecule has 1 fully saturated rings. The highest BCUT2D eigenvalue weighted by Crippen LogP contribution is 2.40. The fourth-order valence-corrected chi connectivity index (χ4v) is 4.21. The van der Waals surface area contributed by atoms with E-state index in [2.05, 4.69) is 10.2 Å². The molecule has 30 heavy (non-hydrogen) atoms. The molecule has 2 aromatic rings. The fourth-order valence-electron chi connectivity index (χ4n) is 4.21. The molecule has 0 saturated carbocycles. The van der Waals surface area contributed by atoms with Gasteiger partial charge in [-0.25, -0.2) is 0 Å². The van der Waals surface area contributed by atoms with Crippen LogP contribution in [-0.4, -0.2) is 57.8 Å². The predicted octanol–water partition coefficient (Wildman–Crippen LogP) is 2.98. The third-order valence-corrected chi connectivity index (χ3v) is 5.72. The molecule has 2 amide bonds. The summed E-state index contributed by atoms with van der Waals surface area (Å²) in [6, 6.07) is 8.52. The molecule has 2 aliphatic heterocycles. The second-order valence-electron chi connectivity index (χ2n) is 7.33. The van der Waals surface area contributed by atoms with E-state index in [4.69, 9.17) is 14.2 Å². The summed E-state index contributed by atoms with van der Waals surface area (Å²) < 4.78 is 16.0. The molecule has 2 aliphatic rings. The number of nitrogens with zero attached hydrogens (tertiary/aromatic N) is 2. The smallest absolute Gasteiger partial charge is 0.257 e. The minimum Gasteiger partial charge on any atom is -0.493 e. The third kappa shape index (κ3) is 3.18. The van der Waals surface area contributed by atoms with Crippen molar-refractivity contribution >= 4 is 23.2 Å². The zero-order valence-electron chi connectivity index (χ0n) is 17.5. The molecule has 0 aromatic heterocycles. The molecular weight excluding hydrogens is 386 g/mol. The van der Waals surface area contributed by atoms with Crippen LogP contribution < -0.4 is 24.4 Å². The minimum atomic E-state index is -0.290. The fraction of sp³-hybridized carbons (Fsp3) is 0.364. The predicted molar refractivity (Wildman–Crippen MR) is 113 cm³/mol. The number of benzene rings is 2. The summed E-state index contributed by atoms with van der Waals surface area (Å²) in [5.41, 5.74) is 2.38. The van der Waals surface area contributed by atoms with E-state index in [1.54, 1.807) is 30.3 Å². The molecule has 0 radical (unpaired) electrons. The Labute approximate surface area is 175 Å². The first-order chi connectivity index (χ1) is 14.5. The Morgan fingerprint density at radius 2 is 1.77 bits per heavy atom. The molecule has 1 saturated heterocycles. The number of hydrogen-bond acceptors (Lipinski definition) is 6. The molecule has 1 unspecified atom stereocenters. The maximum Gasteiger partial charge on any atom is 0.257 e. The van der Waals surface area contributed by atoms with Gasteiger partial charge in [-0.1, -0.05) is 0 Å². The van der Waals surface area contributed by atoms with E-state index < -0.39 is 0 Å². The number of nitrogens with one attached hydrogen (secondary N) is 1. The summed E-state index contributed by atoms with van der Waals surface area (Å²) in [4.78, 5) is 29.7. The molecule has 2 aromatic carbocycles. The second-order valence-corrected chi connectivity index (χ2v) is 7.33. The van der Waals surface area contributed by atoms with Crippen molar-refractivity contribution in [2.75, 3.05) is 45.1 Å². The van der Waals surface area contributed by atoms with Crippen molar-refractivity contribution in [2.24, 2.45) is 0 Å². The average molecular weight is 411 g/mol. The van der Waals surface area contributed by atoms with Crippen molar-refractivity contribution in [2.45, 2.75) is 19.0 Å². The molecule has 1 atom stereocenters. The van der Waals surface area contributed by atoms with E-state index >= 15 is 0 Å². The average Bonchev–Trinajstić information content (AvgIpc) is 3.26. The monoisotopic (exact) mass is 411 g/mol. The van der Waals surface area contributed by atoms with Gasteiger partial charge in [0.05, 0.1) is 32.6 Å². The molecule has 8 heteroatoms. The van der Waals surface area contributed by atoms with Crippen molar-refractivity contribution in [3.05, 3.63) is 41.5 Å². The number of hydrogen-bond donors (Lipinski definition) is 1. The van der Waals surface area contributed by atoms with Gasteiger partial charge in [-0.2, -0.15) is 0 Å². The Hall–Kier alpha value is -3.42. The Morgan fingerprint density at radius 3 is 2.40 bits per heavy atom. The highest BCUT2D eigenvalue weighted by atomic mass is 16.5. The summed E-state index contributed by atoms with van der Waals surface area (Å²) in [6.07, 6.45) is 1.98. The zero-order valence-corrected chi connectivity index (χ0v) is 17.5. The lowest BCUT2D eigenvalue weighted by atomic mass is 10.0. The SMILES string of the molecule is COc1cc(NC(=O)c2ccc3c(c2)N(C)C2CCCN2C3=O)cc(OC)c1OC. The number of ether oxygens (including phenoxy) is 3. The number of methoxy groups -OCH3 is 3. The lowest BCUT2D eigenvalue weighted by molar-refractivity contribution is 0.0719. The van der Waals surface area contributed by atoms with Crippen LogP contribution in [0.1, 0.15) is 33.6 Å². The number of anilines is 2. The first-order valence-electron chi connectivity index (χ1n) is 9.77. The van der Waals surface area contributed by atoms with Crippen LogP contribution >= 0.6 is 0 Å². The Balaban J connectivity index is 1.63. The molecule has 4 rings (SSSR count). The van der Waals surface area contributed by atoms with Gasteiger partial charge >= 0.3 is 0 Å². The van der Waals surface area contributed by atoms with E-state index in [1.807, 2.05) is 11.9 Å². The van der Waals surface area contributed by atoms with Gasteiger partial charge in [0, 0.05) is 37.0 Å². The summed E-state index contributed by atoms with van der Waals surface area (Å²) in [5.74, 6) is 1.09. The molecule has 0 aliphatic carbocycles. The summed E-state index contributed by atoms with van der Waals surface area (Å²) in [5, 5.41) is 2.87. The maximum atomic E-state index is 12.9. The molecule has 8 nitrogen and oxygen atoms in total. The normalized spacial score (nSPS) is 17.3. The molecule has 0 bridgehead atoms. The molecule has 2 heterocycles. The van der Waals surface area contributed by atoms with Crippen LogP contribution in [0.3, 0.4) is 0 Å². The summed E-state index contributed by atoms with van der Waals surface area (Å²) in [6.45, 7) is 0.774. The number of carbonyl (C=O) groups is 2. The largest absolute Gasteiger partial charge is 0.493 e. The van der Waals surface area contributed by atoms with Crippen LogP contribution in [0.4, 0.5) is 11.4 Å². The second kappa shape index (κ2) is 7.78. The van der Waals surface area contributed by atoms with Gasteiger partial charge in [-0.05, 0) is 31.0 Å². The topological polar surface area (TPSA) is 80.3 Å². The lowest BCUT2D eigenvalue weighted by Crippen LogP contribution is -2.50. The van der Waals surface area contributed by atoms with Crippen molar-refractivity contribution in [1.82, 2.24) is 4.90 Å². The van der Waals surface area contributed by atoms with Crippen LogP contribution in [0.2, 0.25) is 0 Å². The van der Waals surface area contributed by atoms with Gasteiger partial charge in [0.1, 0.15) is 6.17 Å².